The Labute approximate surface area is 102 Å². The summed E-state index contributed by atoms with van der Waals surface area (Å²) in [5.74, 6) is -0.440. The zero-order valence-electron chi connectivity index (χ0n) is 10.3. The molecule has 0 saturated carbocycles. The highest BCUT2D eigenvalue weighted by molar-refractivity contribution is 5.76. The molecule has 0 heterocycles. The van der Waals surface area contributed by atoms with E-state index in [1.807, 2.05) is 37.3 Å². The molecule has 4 heteroatoms. The maximum Gasteiger partial charge on any atom is 0.325 e. The molecule has 0 radical (unpaired) electrons. The molecular weight excluding hydrogens is 218 g/mol. The van der Waals surface area contributed by atoms with E-state index in [0.29, 0.717) is 13.0 Å². The van der Waals surface area contributed by atoms with E-state index in [4.69, 9.17) is 10.5 Å². The normalized spacial score (nSPS) is 14.1. The summed E-state index contributed by atoms with van der Waals surface area (Å²) in [5.41, 5.74) is 6.81. The Bertz CT molecular complexity index is 340. The van der Waals surface area contributed by atoms with Crippen molar-refractivity contribution in [3.8, 4) is 0 Å². The first kappa shape index (κ1) is 13.7. The van der Waals surface area contributed by atoms with Crippen LogP contribution in [-0.2, 0) is 20.9 Å². The zero-order valence-corrected chi connectivity index (χ0v) is 10.3. The predicted octanol–water partition coefficient (Wildman–Crippen LogP) is 1.48. The maximum absolute atomic E-state index is 11.3. The number of carbonyl (C=O) groups excluding carboxylic acids is 1. The third-order valence-corrected chi connectivity index (χ3v) is 2.58. The van der Waals surface area contributed by atoms with Gasteiger partial charge in [0.15, 0.2) is 0 Å². The molecule has 0 aliphatic rings. The van der Waals surface area contributed by atoms with Crippen molar-refractivity contribution < 1.29 is 14.3 Å². The molecule has 0 aliphatic heterocycles. The van der Waals surface area contributed by atoms with Crippen molar-refractivity contribution in [1.29, 1.82) is 0 Å². The number of methoxy groups -OCH3 is 1. The van der Waals surface area contributed by atoms with Crippen LogP contribution in [0.5, 0.6) is 0 Å². The molecule has 0 saturated heterocycles. The monoisotopic (exact) mass is 237 g/mol. The Morgan fingerprint density at radius 3 is 2.53 bits per heavy atom. The van der Waals surface area contributed by atoms with E-state index in [1.165, 1.54) is 7.11 Å². The molecule has 1 unspecified atom stereocenters. The Hall–Kier alpha value is -1.39. The predicted molar refractivity (Wildman–Crippen MR) is 65.3 cm³/mol. The topological polar surface area (TPSA) is 61.5 Å². The van der Waals surface area contributed by atoms with Crippen molar-refractivity contribution in [2.24, 2.45) is 5.73 Å². The van der Waals surface area contributed by atoms with Gasteiger partial charge in [-0.25, -0.2) is 0 Å². The van der Waals surface area contributed by atoms with Gasteiger partial charge in [-0.2, -0.15) is 0 Å². The molecule has 1 rings (SSSR count). The molecule has 0 aliphatic carbocycles. The van der Waals surface area contributed by atoms with Gasteiger partial charge in [-0.15, -0.1) is 0 Å². The van der Waals surface area contributed by atoms with Gasteiger partial charge in [0.2, 0.25) is 0 Å². The Kier molecular flexibility index (Phi) is 5.66. The number of hydrogen-bond donors (Lipinski definition) is 1. The lowest BCUT2D eigenvalue weighted by Crippen LogP contribution is -2.43. The van der Waals surface area contributed by atoms with Gasteiger partial charge in [-0.1, -0.05) is 37.3 Å². The Morgan fingerprint density at radius 1 is 1.35 bits per heavy atom. The highest BCUT2D eigenvalue weighted by atomic mass is 16.5. The van der Waals surface area contributed by atoms with Crippen LogP contribution in [0.1, 0.15) is 18.9 Å². The van der Waals surface area contributed by atoms with Crippen LogP contribution in [0.3, 0.4) is 0 Å². The number of ether oxygens (including phenoxy) is 2. The average molecular weight is 237 g/mol. The fourth-order valence-corrected chi connectivity index (χ4v) is 1.54. The largest absolute Gasteiger partial charge is 0.468 e. The van der Waals surface area contributed by atoms with Gasteiger partial charge in [0.05, 0.1) is 19.8 Å². The van der Waals surface area contributed by atoms with Gasteiger partial charge in [-0.05, 0) is 12.0 Å². The highest BCUT2D eigenvalue weighted by Crippen LogP contribution is 2.09. The second kappa shape index (κ2) is 7.04. The van der Waals surface area contributed by atoms with Crippen LogP contribution < -0.4 is 5.73 Å². The van der Waals surface area contributed by atoms with Crippen LogP contribution in [0.2, 0.25) is 0 Å². The summed E-state index contributed by atoms with van der Waals surface area (Å²) >= 11 is 0. The van der Waals surface area contributed by atoms with Crippen LogP contribution >= 0.6 is 0 Å². The SMILES string of the molecule is CC[C@@H](OCc1ccccc1)C(N)C(=O)OC. The number of carbonyl (C=O) groups is 1. The molecule has 0 spiro atoms. The van der Waals surface area contributed by atoms with Gasteiger partial charge in [0, 0.05) is 0 Å². The zero-order chi connectivity index (χ0) is 12.7. The molecule has 0 fully saturated rings. The van der Waals surface area contributed by atoms with Crippen LogP contribution in [0.4, 0.5) is 0 Å². The van der Waals surface area contributed by atoms with Crippen molar-refractivity contribution in [3.05, 3.63) is 35.9 Å². The smallest absolute Gasteiger partial charge is 0.325 e. The highest BCUT2D eigenvalue weighted by Gasteiger charge is 2.24. The molecule has 1 aromatic carbocycles. The lowest BCUT2D eigenvalue weighted by Gasteiger charge is -2.21. The number of benzene rings is 1. The van der Waals surface area contributed by atoms with Crippen molar-refractivity contribution in [3.63, 3.8) is 0 Å². The van der Waals surface area contributed by atoms with Gasteiger partial charge in [-0.3, -0.25) is 4.79 Å². The molecule has 0 bridgehead atoms. The maximum atomic E-state index is 11.3. The van der Waals surface area contributed by atoms with E-state index in [-0.39, 0.29) is 6.10 Å². The van der Waals surface area contributed by atoms with E-state index >= 15 is 0 Å². The van der Waals surface area contributed by atoms with E-state index < -0.39 is 12.0 Å². The third kappa shape index (κ3) is 4.17. The Balaban J connectivity index is 2.50. The lowest BCUT2D eigenvalue weighted by molar-refractivity contribution is -0.146. The summed E-state index contributed by atoms with van der Waals surface area (Å²) in [5, 5.41) is 0. The molecular formula is C13H19NO3. The second-order valence-corrected chi connectivity index (χ2v) is 3.79. The first-order chi connectivity index (χ1) is 8.19. The third-order valence-electron chi connectivity index (χ3n) is 2.58. The van der Waals surface area contributed by atoms with Gasteiger partial charge < -0.3 is 15.2 Å². The molecule has 0 aromatic heterocycles. The quantitative estimate of drug-likeness (QED) is 0.761. The summed E-state index contributed by atoms with van der Waals surface area (Å²) in [6.45, 7) is 2.38. The lowest BCUT2D eigenvalue weighted by atomic mass is 10.1. The van der Waals surface area contributed by atoms with Crippen LogP contribution in [0.25, 0.3) is 0 Å². The fraction of sp³-hybridized carbons (Fsp3) is 0.462. The molecule has 0 amide bonds. The minimum atomic E-state index is -0.728. The number of esters is 1. The summed E-state index contributed by atoms with van der Waals surface area (Å²) in [7, 11) is 1.33. The minimum Gasteiger partial charge on any atom is -0.468 e. The summed E-state index contributed by atoms with van der Waals surface area (Å²) < 4.78 is 10.2. The minimum absolute atomic E-state index is 0.317. The van der Waals surface area contributed by atoms with Crippen molar-refractivity contribution in [2.75, 3.05) is 7.11 Å². The fourth-order valence-electron chi connectivity index (χ4n) is 1.54. The van der Waals surface area contributed by atoms with Crippen molar-refractivity contribution in [2.45, 2.75) is 32.1 Å². The van der Waals surface area contributed by atoms with Gasteiger partial charge in [0.1, 0.15) is 6.04 Å². The second-order valence-electron chi connectivity index (χ2n) is 3.79. The van der Waals surface area contributed by atoms with E-state index in [9.17, 15) is 4.79 Å². The Morgan fingerprint density at radius 2 is 2.00 bits per heavy atom. The first-order valence-corrected chi connectivity index (χ1v) is 5.68. The molecule has 2 N–H and O–H groups in total. The summed E-state index contributed by atoms with van der Waals surface area (Å²) in [4.78, 5) is 11.3. The summed E-state index contributed by atoms with van der Waals surface area (Å²) in [6.07, 6.45) is 0.353. The summed E-state index contributed by atoms with van der Waals surface area (Å²) in [6, 6.07) is 9.04. The average Bonchev–Trinajstić information content (AvgIpc) is 2.39. The molecule has 94 valence electrons. The van der Waals surface area contributed by atoms with Gasteiger partial charge >= 0.3 is 5.97 Å². The van der Waals surface area contributed by atoms with E-state index in [1.54, 1.807) is 0 Å². The molecule has 2 atom stereocenters. The van der Waals surface area contributed by atoms with E-state index in [0.717, 1.165) is 5.56 Å². The standard InChI is InChI=1S/C13H19NO3/c1-3-11(12(14)13(15)16-2)17-9-10-7-5-4-6-8-10/h4-8,11-12H,3,9,14H2,1-2H3/t11-,12?/m1/s1. The van der Waals surface area contributed by atoms with E-state index in [2.05, 4.69) is 4.74 Å². The van der Waals surface area contributed by atoms with Crippen LogP contribution in [0.15, 0.2) is 30.3 Å². The number of hydrogen-bond acceptors (Lipinski definition) is 4. The molecule has 17 heavy (non-hydrogen) atoms. The first-order valence-electron chi connectivity index (χ1n) is 5.68. The number of rotatable bonds is 6. The van der Waals surface area contributed by atoms with Crippen molar-refractivity contribution >= 4 is 5.97 Å². The molecule has 4 nitrogen and oxygen atoms in total. The molecule has 1 aromatic rings. The van der Waals surface area contributed by atoms with Crippen molar-refractivity contribution in [1.82, 2.24) is 0 Å². The number of nitrogens with two attached hydrogens (primary N) is 1. The van der Waals surface area contributed by atoms with Gasteiger partial charge in [0.25, 0.3) is 0 Å². The van der Waals surface area contributed by atoms with Crippen LogP contribution in [0, 0.1) is 0 Å². The van der Waals surface area contributed by atoms with Crippen LogP contribution in [-0.4, -0.2) is 25.2 Å².